The van der Waals surface area contributed by atoms with E-state index >= 15 is 0 Å². The lowest BCUT2D eigenvalue weighted by Crippen LogP contribution is -2.43. The highest BCUT2D eigenvalue weighted by Gasteiger charge is 2.31. The van der Waals surface area contributed by atoms with E-state index in [4.69, 9.17) is 4.74 Å². The number of hydrogen-bond acceptors (Lipinski definition) is 2. The van der Waals surface area contributed by atoms with Crippen LogP contribution in [0.4, 0.5) is 0 Å². The minimum atomic E-state index is -0.714. The highest BCUT2D eigenvalue weighted by Crippen LogP contribution is 2.21. The predicted octanol–water partition coefficient (Wildman–Crippen LogP) is 1.43. The van der Waals surface area contributed by atoms with Crippen molar-refractivity contribution in [1.29, 1.82) is 0 Å². The Morgan fingerprint density at radius 2 is 1.70 bits per heavy atom. The third-order valence-corrected chi connectivity index (χ3v) is 2.35. The molecule has 0 heterocycles. The summed E-state index contributed by atoms with van der Waals surface area (Å²) in [4.78, 5) is 0. The zero-order chi connectivity index (χ0) is 8.36. The van der Waals surface area contributed by atoms with Gasteiger partial charge in [-0.25, -0.2) is 0 Å². The Hall–Kier alpha value is -0.0800. The molecule has 0 radical (unpaired) electrons. The maximum atomic E-state index is 9.74. The number of hydrogen-bond donors (Lipinski definition) is 1. The maximum absolute atomic E-state index is 9.74. The molecule has 2 atom stereocenters. The van der Waals surface area contributed by atoms with Gasteiger partial charge < -0.3 is 9.84 Å². The summed E-state index contributed by atoms with van der Waals surface area (Å²) in [5.74, 6) is 0.224. The highest BCUT2D eigenvalue weighted by atomic mass is 16.5. The quantitative estimate of drug-likeness (QED) is 0.652. The van der Waals surface area contributed by atoms with Gasteiger partial charge in [-0.1, -0.05) is 13.8 Å². The minimum Gasteiger partial charge on any atom is -0.387 e. The van der Waals surface area contributed by atoms with Crippen molar-refractivity contribution in [2.45, 2.75) is 39.4 Å². The van der Waals surface area contributed by atoms with Crippen LogP contribution in [0.25, 0.3) is 0 Å². The van der Waals surface area contributed by atoms with Crippen LogP contribution in [-0.2, 0) is 4.74 Å². The van der Waals surface area contributed by atoms with Crippen LogP contribution in [-0.4, -0.2) is 23.9 Å². The third-order valence-electron chi connectivity index (χ3n) is 2.35. The molecule has 1 N–H and O–H groups in total. The number of ether oxygens (including phenoxy) is 1. The standard InChI is InChI=1S/C8H18O2/c1-6(2)8(4,9)7(3)10-5/h6-7,9H,1-5H3. The first-order valence-corrected chi connectivity index (χ1v) is 3.68. The van der Waals surface area contributed by atoms with Crippen LogP contribution in [0.3, 0.4) is 0 Å². The lowest BCUT2D eigenvalue weighted by atomic mass is 9.88. The van der Waals surface area contributed by atoms with Crippen LogP contribution < -0.4 is 0 Å². The van der Waals surface area contributed by atoms with Gasteiger partial charge in [0.15, 0.2) is 0 Å². The van der Waals surface area contributed by atoms with E-state index in [0.717, 1.165) is 0 Å². The van der Waals surface area contributed by atoms with Crippen molar-refractivity contribution in [2.24, 2.45) is 5.92 Å². The SMILES string of the molecule is COC(C)C(C)(O)C(C)C. The van der Waals surface area contributed by atoms with E-state index in [9.17, 15) is 5.11 Å². The Labute approximate surface area is 63.2 Å². The summed E-state index contributed by atoms with van der Waals surface area (Å²) >= 11 is 0. The number of aliphatic hydroxyl groups is 1. The minimum absolute atomic E-state index is 0.104. The molecular formula is C8H18O2. The Bertz CT molecular complexity index is 97.4. The molecule has 0 aliphatic rings. The first-order chi connectivity index (χ1) is 4.42. The van der Waals surface area contributed by atoms with Crippen LogP contribution >= 0.6 is 0 Å². The van der Waals surface area contributed by atoms with Gasteiger partial charge in [-0.15, -0.1) is 0 Å². The van der Waals surface area contributed by atoms with E-state index in [2.05, 4.69) is 0 Å². The first-order valence-electron chi connectivity index (χ1n) is 3.68. The van der Waals surface area contributed by atoms with Crippen LogP contribution in [0.5, 0.6) is 0 Å². The van der Waals surface area contributed by atoms with Crippen LogP contribution in [0.15, 0.2) is 0 Å². The second-order valence-corrected chi connectivity index (χ2v) is 3.26. The van der Waals surface area contributed by atoms with Crippen LogP contribution in [0.1, 0.15) is 27.7 Å². The molecule has 0 aromatic heterocycles. The fourth-order valence-electron chi connectivity index (χ4n) is 0.708. The molecule has 0 bridgehead atoms. The van der Waals surface area contributed by atoms with Gasteiger partial charge in [0.25, 0.3) is 0 Å². The summed E-state index contributed by atoms with van der Waals surface area (Å²) in [5, 5.41) is 9.74. The van der Waals surface area contributed by atoms with Gasteiger partial charge in [-0.2, -0.15) is 0 Å². The van der Waals surface area contributed by atoms with Crippen molar-refractivity contribution < 1.29 is 9.84 Å². The van der Waals surface area contributed by atoms with E-state index in [1.54, 1.807) is 14.0 Å². The summed E-state index contributed by atoms with van der Waals surface area (Å²) in [5.41, 5.74) is -0.714. The molecule has 2 nitrogen and oxygen atoms in total. The van der Waals surface area contributed by atoms with Gasteiger partial charge in [0, 0.05) is 7.11 Å². The fraction of sp³-hybridized carbons (Fsp3) is 1.00. The second kappa shape index (κ2) is 3.35. The van der Waals surface area contributed by atoms with Gasteiger partial charge >= 0.3 is 0 Å². The lowest BCUT2D eigenvalue weighted by Gasteiger charge is -2.32. The Kier molecular flexibility index (Phi) is 3.33. The summed E-state index contributed by atoms with van der Waals surface area (Å²) in [6, 6.07) is 0. The molecule has 0 saturated heterocycles. The smallest absolute Gasteiger partial charge is 0.0900 e. The van der Waals surface area contributed by atoms with E-state index in [1.807, 2.05) is 20.8 Å². The fourth-order valence-corrected chi connectivity index (χ4v) is 0.708. The highest BCUT2D eigenvalue weighted by molar-refractivity contribution is 4.82. The lowest BCUT2D eigenvalue weighted by molar-refractivity contribution is -0.0997. The average molecular weight is 146 g/mol. The Morgan fingerprint density at radius 1 is 1.30 bits per heavy atom. The van der Waals surface area contributed by atoms with Crippen LogP contribution in [0.2, 0.25) is 0 Å². The average Bonchev–Trinajstić information content (AvgIpc) is 1.86. The molecule has 0 aromatic carbocycles. The van der Waals surface area contributed by atoms with E-state index < -0.39 is 5.60 Å². The molecule has 0 fully saturated rings. The van der Waals surface area contributed by atoms with Gasteiger partial charge in [0.2, 0.25) is 0 Å². The summed E-state index contributed by atoms with van der Waals surface area (Å²) in [6.07, 6.45) is -0.104. The zero-order valence-corrected chi connectivity index (χ0v) is 7.51. The zero-order valence-electron chi connectivity index (χ0n) is 7.51. The van der Waals surface area contributed by atoms with Gasteiger partial charge in [-0.3, -0.25) is 0 Å². The molecule has 2 heteroatoms. The molecular weight excluding hydrogens is 128 g/mol. The van der Waals surface area contributed by atoms with E-state index in [1.165, 1.54) is 0 Å². The van der Waals surface area contributed by atoms with Gasteiger partial charge in [-0.05, 0) is 19.8 Å². The predicted molar refractivity (Wildman–Crippen MR) is 41.9 cm³/mol. The first kappa shape index (κ1) is 9.92. The Morgan fingerprint density at radius 3 is 1.80 bits per heavy atom. The van der Waals surface area contributed by atoms with Crippen molar-refractivity contribution in [1.82, 2.24) is 0 Å². The van der Waals surface area contributed by atoms with E-state index in [0.29, 0.717) is 0 Å². The van der Waals surface area contributed by atoms with Gasteiger partial charge in [0.05, 0.1) is 11.7 Å². The van der Waals surface area contributed by atoms with Crippen molar-refractivity contribution in [3.63, 3.8) is 0 Å². The molecule has 62 valence electrons. The van der Waals surface area contributed by atoms with Crippen molar-refractivity contribution >= 4 is 0 Å². The van der Waals surface area contributed by atoms with E-state index in [-0.39, 0.29) is 12.0 Å². The third kappa shape index (κ3) is 1.96. The number of methoxy groups -OCH3 is 1. The second-order valence-electron chi connectivity index (χ2n) is 3.26. The molecule has 0 aromatic rings. The monoisotopic (exact) mass is 146 g/mol. The normalized spacial score (nSPS) is 20.7. The summed E-state index contributed by atoms with van der Waals surface area (Å²) in [6.45, 7) is 7.64. The summed E-state index contributed by atoms with van der Waals surface area (Å²) < 4.78 is 5.03. The summed E-state index contributed by atoms with van der Waals surface area (Å²) in [7, 11) is 1.61. The number of rotatable bonds is 3. The molecule has 0 aliphatic carbocycles. The molecule has 2 unspecified atom stereocenters. The Balaban J connectivity index is 4.09. The molecule has 0 aliphatic heterocycles. The van der Waals surface area contributed by atoms with Crippen molar-refractivity contribution in [3.8, 4) is 0 Å². The van der Waals surface area contributed by atoms with Crippen molar-refractivity contribution in [3.05, 3.63) is 0 Å². The molecule has 0 spiro atoms. The van der Waals surface area contributed by atoms with Gasteiger partial charge in [0.1, 0.15) is 0 Å². The molecule has 0 amide bonds. The molecule has 0 rings (SSSR count). The molecule has 0 saturated carbocycles. The maximum Gasteiger partial charge on any atom is 0.0900 e. The molecule has 10 heavy (non-hydrogen) atoms. The largest absolute Gasteiger partial charge is 0.387 e. The van der Waals surface area contributed by atoms with Crippen LogP contribution in [0, 0.1) is 5.92 Å². The van der Waals surface area contributed by atoms with Crippen molar-refractivity contribution in [2.75, 3.05) is 7.11 Å². The topological polar surface area (TPSA) is 29.5 Å².